The van der Waals surface area contributed by atoms with Crippen molar-refractivity contribution in [2.45, 2.75) is 13.5 Å². The van der Waals surface area contributed by atoms with Gasteiger partial charge in [-0.2, -0.15) is 0 Å². The number of amides is 2. The zero-order valence-corrected chi connectivity index (χ0v) is 14.2. The van der Waals surface area contributed by atoms with Crippen molar-refractivity contribution in [2.24, 2.45) is 0 Å². The molecule has 0 fully saturated rings. The van der Waals surface area contributed by atoms with E-state index in [0.717, 1.165) is 5.56 Å². The molecule has 0 atom stereocenters. The van der Waals surface area contributed by atoms with E-state index in [1.807, 2.05) is 18.2 Å². The lowest BCUT2D eigenvalue weighted by atomic mass is 10.2. The summed E-state index contributed by atoms with van der Waals surface area (Å²) >= 11 is 6.01. The summed E-state index contributed by atoms with van der Waals surface area (Å²) in [6.45, 7) is 1.69. The number of nitrogens with one attached hydrogen (secondary N) is 1. The monoisotopic (exact) mass is 351 g/mol. The number of carbonyl (C=O) groups excluding carboxylic acids is 2. The molecule has 7 nitrogen and oxygen atoms in total. The zero-order chi connectivity index (χ0) is 17.5. The average molecular weight is 352 g/mol. The molecule has 128 valence electrons. The fraction of sp³-hybridized carbons (Fsp3) is 0.312. The molecule has 24 heavy (non-hydrogen) atoms. The van der Waals surface area contributed by atoms with Crippen LogP contribution in [-0.2, 0) is 20.9 Å². The maximum Gasteiger partial charge on any atom is 0.248 e. The molecule has 0 unspecified atom stereocenters. The van der Waals surface area contributed by atoms with E-state index < -0.39 is 0 Å². The summed E-state index contributed by atoms with van der Waals surface area (Å²) in [5.41, 5.74) is 0.800. The normalized spacial score (nSPS) is 10.5. The Morgan fingerprint density at radius 1 is 1.38 bits per heavy atom. The lowest BCUT2D eigenvalue weighted by Gasteiger charge is -2.16. The number of ether oxygens (including phenoxy) is 1. The SMILES string of the molecule is Cc1cc(NC(=O)CN(C)C(=O)COCc2ccccc2Cl)no1. The molecule has 1 aromatic heterocycles. The molecule has 0 aliphatic rings. The fourth-order valence-corrected chi connectivity index (χ4v) is 2.08. The van der Waals surface area contributed by atoms with E-state index >= 15 is 0 Å². The van der Waals surface area contributed by atoms with Gasteiger partial charge in [-0.3, -0.25) is 9.59 Å². The van der Waals surface area contributed by atoms with Gasteiger partial charge in [0.05, 0.1) is 13.2 Å². The predicted molar refractivity (Wildman–Crippen MR) is 88.6 cm³/mol. The van der Waals surface area contributed by atoms with Crippen LogP contribution in [0.15, 0.2) is 34.9 Å². The molecule has 0 spiro atoms. The number of aryl methyl sites for hydroxylation is 1. The standard InChI is InChI=1S/C16H18ClN3O4/c1-11-7-14(19-24-11)18-15(21)8-20(2)16(22)10-23-9-12-5-3-4-6-13(12)17/h3-7H,8-10H2,1-2H3,(H,18,19,21). The van der Waals surface area contributed by atoms with Gasteiger partial charge in [0.15, 0.2) is 5.82 Å². The molecule has 2 aromatic rings. The number of anilines is 1. The number of likely N-dealkylation sites (N-methyl/N-ethyl adjacent to an activating group) is 1. The molecule has 0 bridgehead atoms. The summed E-state index contributed by atoms with van der Waals surface area (Å²) in [4.78, 5) is 25.1. The lowest BCUT2D eigenvalue weighted by Crippen LogP contribution is -2.37. The first kappa shape index (κ1) is 18.0. The number of halogens is 1. The number of carbonyl (C=O) groups is 2. The Morgan fingerprint density at radius 2 is 2.12 bits per heavy atom. The van der Waals surface area contributed by atoms with Gasteiger partial charge in [0.1, 0.15) is 12.4 Å². The molecule has 2 amide bonds. The summed E-state index contributed by atoms with van der Waals surface area (Å²) in [6.07, 6.45) is 0. The Kier molecular flexibility index (Phi) is 6.34. The van der Waals surface area contributed by atoms with E-state index in [1.54, 1.807) is 19.1 Å². The second kappa shape index (κ2) is 8.47. The molecule has 0 aliphatic carbocycles. The Hall–Kier alpha value is -2.38. The van der Waals surface area contributed by atoms with E-state index in [2.05, 4.69) is 10.5 Å². The Bertz CT molecular complexity index is 717. The minimum Gasteiger partial charge on any atom is -0.367 e. The van der Waals surface area contributed by atoms with Crippen molar-refractivity contribution in [2.75, 3.05) is 25.5 Å². The third-order valence-electron chi connectivity index (χ3n) is 3.14. The minimum atomic E-state index is -0.370. The molecule has 0 radical (unpaired) electrons. The molecule has 1 heterocycles. The van der Waals surface area contributed by atoms with E-state index in [-0.39, 0.29) is 31.6 Å². The average Bonchev–Trinajstić information content (AvgIpc) is 2.93. The van der Waals surface area contributed by atoms with Crippen LogP contribution in [0.25, 0.3) is 0 Å². The molecule has 0 saturated heterocycles. The minimum absolute atomic E-state index is 0.111. The highest BCUT2D eigenvalue weighted by Gasteiger charge is 2.14. The van der Waals surface area contributed by atoms with Crippen LogP contribution >= 0.6 is 11.6 Å². The number of hydrogen-bond acceptors (Lipinski definition) is 5. The van der Waals surface area contributed by atoms with Gasteiger partial charge in [0.2, 0.25) is 11.8 Å². The number of aromatic nitrogens is 1. The van der Waals surface area contributed by atoms with Crippen LogP contribution in [0.5, 0.6) is 0 Å². The molecular weight excluding hydrogens is 334 g/mol. The van der Waals surface area contributed by atoms with Gasteiger partial charge in [0, 0.05) is 18.1 Å². The van der Waals surface area contributed by atoms with E-state index in [9.17, 15) is 9.59 Å². The van der Waals surface area contributed by atoms with Crippen molar-refractivity contribution >= 4 is 29.2 Å². The van der Waals surface area contributed by atoms with Crippen LogP contribution in [0.1, 0.15) is 11.3 Å². The molecule has 1 aromatic carbocycles. The largest absolute Gasteiger partial charge is 0.367 e. The van der Waals surface area contributed by atoms with Gasteiger partial charge in [0.25, 0.3) is 0 Å². The number of rotatable bonds is 7. The van der Waals surface area contributed by atoms with E-state index in [4.69, 9.17) is 20.9 Å². The van der Waals surface area contributed by atoms with E-state index in [1.165, 1.54) is 11.9 Å². The summed E-state index contributed by atoms with van der Waals surface area (Å²) in [5.74, 6) is 0.217. The number of hydrogen-bond donors (Lipinski definition) is 1. The summed E-state index contributed by atoms with van der Waals surface area (Å²) in [7, 11) is 1.52. The quantitative estimate of drug-likeness (QED) is 0.827. The highest BCUT2D eigenvalue weighted by molar-refractivity contribution is 6.31. The molecule has 8 heteroatoms. The number of nitrogens with zero attached hydrogens (tertiary/aromatic N) is 2. The zero-order valence-electron chi connectivity index (χ0n) is 13.4. The fourth-order valence-electron chi connectivity index (χ4n) is 1.89. The van der Waals surface area contributed by atoms with Crippen LogP contribution in [0.4, 0.5) is 5.82 Å². The van der Waals surface area contributed by atoms with Crippen LogP contribution in [0, 0.1) is 6.92 Å². The van der Waals surface area contributed by atoms with Gasteiger partial charge in [-0.1, -0.05) is 35.0 Å². The summed E-state index contributed by atoms with van der Waals surface area (Å²) < 4.78 is 10.2. The molecule has 2 rings (SSSR count). The second-order valence-electron chi connectivity index (χ2n) is 5.20. The topological polar surface area (TPSA) is 84.7 Å². The van der Waals surface area contributed by atoms with Gasteiger partial charge in [-0.25, -0.2) is 0 Å². The first-order valence-corrected chi connectivity index (χ1v) is 7.62. The molecule has 0 saturated carbocycles. The highest BCUT2D eigenvalue weighted by Crippen LogP contribution is 2.15. The molecular formula is C16H18ClN3O4. The highest BCUT2D eigenvalue weighted by atomic mass is 35.5. The van der Waals surface area contributed by atoms with Crippen molar-refractivity contribution in [1.82, 2.24) is 10.1 Å². The van der Waals surface area contributed by atoms with Crippen molar-refractivity contribution in [1.29, 1.82) is 0 Å². The Labute approximate surface area is 144 Å². The van der Waals surface area contributed by atoms with Gasteiger partial charge >= 0.3 is 0 Å². The van der Waals surface area contributed by atoms with Crippen LogP contribution in [0.3, 0.4) is 0 Å². The van der Waals surface area contributed by atoms with Gasteiger partial charge < -0.3 is 19.5 Å². The van der Waals surface area contributed by atoms with Crippen LogP contribution in [-0.4, -0.2) is 42.1 Å². The maximum absolute atomic E-state index is 12.0. The lowest BCUT2D eigenvalue weighted by molar-refractivity contribution is -0.137. The Balaban J connectivity index is 1.73. The molecule has 1 N–H and O–H groups in total. The van der Waals surface area contributed by atoms with Crippen LogP contribution in [0.2, 0.25) is 5.02 Å². The smallest absolute Gasteiger partial charge is 0.248 e. The number of benzene rings is 1. The van der Waals surface area contributed by atoms with Crippen molar-refractivity contribution in [3.05, 3.63) is 46.7 Å². The first-order valence-electron chi connectivity index (χ1n) is 7.24. The van der Waals surface area contributed by atoms with Gasteiger partial charge in [-0.05, 0) is 18.6 Å². The third-order valence-corrected chi connectivity index (χ3v) is 3.51. The van der Waals surface area contributed by atoms with Crippen LogP contribution < -0.4 is 5.32 Å². The maximum atomic E-state index is 12.0. The van der Waals surface area contributed by atoms with Crippen molar-refractivity contribution in [3.63, 3.8) is 0 Å². The van der Waals surface area contributed by atoms with E-state index in [0.29, 0.717) is 16.6 Å². The Morgan fingerprint density at radius 3 is 2.79 bits per heavy atom. The summed E-state index contributed by atoms with van der Waals surface area (Å²) in [5, 5.41) is 6.78. The second-order valence-corrected chi connectivity index (χ2v) is 5.61. The van der Waals surface area contributed by atoms with Crippen molar-refractivity contribution < 1.29 is 18.8 Å². The summed E-state index contributed by atoms with van der Waals surface area (Å²) in [6, 6.07) is 8.83. The van der Waals surface area contributed by atoms with Crippen molar-refractivity contribution in [3.8, 4) is 0 Å². The first-order chi connectivity index (χ1) is 11.5. The molecule has 0 aliphatic heterocycles. The third kappa shape index (κ3) is 5.36. The van der Waals surface area contributed by atoms with Gasteiger partial charge in [-0.15, -0.1) is 0 Å². The predicted octanol–water partition coefficient (Wildman–Crippen LogP) is 2.25.